The van der Waals surface area contributed by atoms with E-state index in [-0.39, 0.29) is 5.97 Å². The van der Waals surface area contributed by atoms with Crippen LogP contribution in [0.15, 0.2) is 12.1 Å². The summed E-state index contributed by atoms with van der Waals surface area (Å²) in [7, 11) is 3.23. The number of aryl methyl sites for hydroxylation is 2. The van der Waals surface area contributed by atoms with Crippen molar-refractivity contribution in [1.29, 1.82) is 0 Å². The molecule has 1 aromatic carbocycles. The fraction of sp³-hybridized carbons (Fsp3) is 0.588. The van der Waals surface area contributed by atoms with Crippen LogP contribution in [0.2, 0.25) is 0 Å². The van der Waals surface area contributed by atoms with E-state index in [9.17, 15) is 4.79 Å². The minimum Gasteiger partial charge on any atom is -0.490 e. The topological polar surface area (TPSA) is 47.6 Å². The summed E-state index contributed by atoms with van der Waals surface area (Å²) in [5, 5.41) is 3.15. The number of methoxy groups -OCH3 is 1. The molecule has 4 nitrogen and oxygen atoms in total. The molecular formula is C17H25NO3. The number of esters is 1. The van der Waals surface area contributed by atoms with Crippen LogP contribution in [0.4, 0.5) is 0 Å². The van der Waals surface area contributed by atoms with Crippen molar-refractivity contribution in [2.45, 2.75) is 39.2 Å². The number of benzene rings is 1. The average Bonchev–Trinajstić information content (AvgIpc) is 3.31. The summed E-state index contributed by atoms with van der Waals surface area (Å²) in [6.45, 7) is 6.44. The Morgan fingerprint density at radius 3 is 2.43 bits per heavy atom. The maximum atomic E-state index is 12.2. The van der Waals surface area contributed by atoms with Gasteiger partial charge in [0, 0.05) is 0 Å². The van der Waals surface area contributed by atoms with Crippen molar-refractivity contribution in [3.8, 4) is 5.75 Å². The second kappa shape index (κ2) is 6.06. The van der Waals surface area contributed by atoms with Gasteiger partial charge in [-0.1, -0.05) is 12.1 Å². The zero-order chi connectivity index (χ0) is 15.6. The van der Waals surface area contributed by atoms with Crippen LogP contribution in [0, 0.1) is 26.7 Å². The third-order valence-electron chi connectivity index (χ3n) is 4.59. The van der Waals surface area contributed by atoms with Gasteiger partial charge in [-0.05, 0) is 63.3 Å². The molecule has 0 bridgehead atoms. The first kappa shape index (κ1) is 15.8. The van der Waals surface area contributed by atoms with Crippen LogP contribution in [0.25, 0.3) is 0 Å². The summed E-state index contributed by atoms with van der Waals surface area (Å²) in [4.78, 5) is 12.2. The van der Waals surface area contributed by atoms with E-state index in [1.54, 1.807) is 7.05 Å². The van der Waals surface area contributed by atoms with E-state index in [1.165, 1.54) is 12.7 Å². The summed E-state index contributed by atoms with van der Waals surface area (Å²) in [5.74, 6) is 0.926. The van der Waals surface area contributed by atoms with Crippen molar-refractivity contribution in [1.82, 2.24) is 5.32 Å². The quantitative estimate of drug-likeness (QED) is 0.818. The number of likely N-dealkylation sites (N-methyl/N-ethyl adjacent to an activating group) is 1. The molecule has 1 fully saturated rings. The first-order valence-corrected chi connectivity index (χ1v) is 7.43. The molecule has 0 radical (unpaired) electrons. The number of carbonyl (C=O) groups excluding carboxylic acids is 1. The standard InChI is InChI=1S/C17H25NO3/c1-11-6-7-12(2)15(13(11)3)21-10-17(18-4,14-8-9-14)16(19)20-5/h6-7,14,18H,8-10H2,1-5H3. The predicted molar refractivity (Wildman–Crippen MR) is 82.7 cm³/mol. The van der Waals surface area contributed by atoms with Gasteiger partial charge in [-0.15, -0.1) is 0 Å². The average molecular weight is 291 g/mol. The maximum Gasteiger partial charge on any atom is 0.329 e. The zero-order valence-electron chi connectivity index (χ0n) is 13.6. The van der Waals surface area contributed by atoms with Crippen molar-refractivity contribution in [3.63, 3.8) is 0 Å². The molecular weight excluding hydrogens is 266 g/mol. The van der Waals surface area contributed by atoms with Gasteiger partial charge in [0.1, 0.15) is 12.4 Å². The Bertz CT molecular complexity index is 537. The molecule has 0 heterocycles. The highest BCUT2D eigenvalue weighted by molar-refractivity contribution is 5.82. The summed E-state index contributed by atoms with van der Waals surface area (Å²) < 4.78 is 11.1. The molecule has 1 unspecified atom stereocenters. The lowest BCUT2D eigenvalue weighted by atomic mass is 9.94. The highest BCUT2D eigenvalue weighted by atomic mass is 16.5. The lowest BCUT2D eigenvalue weighted by Gasteiger charge is -2.31. The minimum absolute atomic E-state index is 0.240. The molecule has 1 N–H and O–H groups in total. The predicted octanol–water partition coefficient (Wildman–Crippen LogP) is 2.53. The molecule has 1 saturated carbocycles. The van der Waals surface area contributed by atoms with Crippen molar-refractivity contribution in [3.05, 3.63) is 28.8 Å². The Hall–Kier alpha value is -1.55. The maximum absolute atomic E-state index is 12.2. The lowest BCUT2D eigenvalue weighted by Crippen LogP contribution is -2.57. The zero-order valence-corrected chi connectivity index (χ0v) is 13.6. The number of hydrogen-bond donors (Lipinski definition) is 1. The normalized spacial score (nSPS) is 17.2. The fourth-order valence-corrected chi connectivity index (χ4v) is 2.81. The highest BCUT2D eigenvalue weighted by Gasteiger charge is 2.52. The van der Waals surface area contributed by atoms with E-state index in [0.717, 1.165) is 29.7 Å². The second-order valence-corrected chi connectivity index (χ2v) is 5.93. The van der Waals surface area contributed by atoms with Gasteiger partial charge in [0.2, 0.25) is 0 Å². The van der Waals surface area contributed by atoms with Gasteiger partial charge in [-0.3, -0.25) is 0 Å². The number of ether oxygens (including phenoxy) is 2. The van der Waals surface area contributed by atoms with Gasteiger partial charge in [-0.25, -0.2) is 4.79 Å². The van der Waals surface area contributed by atoms with Gasteiger partial charge >= 0.3 is 5.97 Å². The van der Waals surface area contributed by atoms with Gasteiger partial charge in [0.05, 0.1) is 7.11 Å². The van der Waals surface area contributed by atoms with Crippen LogP contribution < -0.4 is 10.1 Å². The largest absolute Gasteiger partial charge is 0.490 e. The molecule has 0 aliphatic heterocycles. The number of rotatable bonds is 6. The van der Waals surface area contributed by atoms with E-state index in [0.29, 0.717) is 12.5 Å². The Morgan fingerprint density at radius 1 is 1.29 bits per heavy atom. The van der Waals surface area contributed by atoms with Gasteiger partial charge < -0.3 is 14.8 Å². The molecule has 0 aromatic heterocycles. The summed E-state index contributed by atoms with van der Waals surface area (Å²) in [5.41, 5.74) is 2.66. The smallest absolute Gasteiger partial charge is 0.329 e. The Kier molecular flexibility index (Phi) is 4.57. The Morgan fingerprint density at radius 2 is 1.90 bits per heavy atom. The third kappa shape index (κ3) is 2.91. The van der Waals surface area contributed by atoms with E-state index in [4.69, 9.17) is 9.47 Å². The van der Waals surface area contributed by atoms with E-state index < -0.39 is 5.54 Å². The van der Waals surface area contributed by atoms with Crippen LogP contribution >= 0.6 is 0 Å². The van der Waals surface area contributed by atoms with Gasteiger partial charge in [0.15, 0.2) is 5.54 Å². The van der Waals surface area contributed by atoms with Crippen LogP contribution in [-0.2, 0) is 9.53 Å². The molecule has 0 spiro atoms. The second-order valence-electron chi connectivity index (χ2n) is 5.93. The third-order valence-corrected chi connectivity index (χ3v) is 4.59. The van der Waals surface area contributed by atoms with E-state index >= 15 is 0 Å². The SMILES string of the molecule is CNC(COc1c(C)ccc(C)c1C)(C(=O)OC)C1CC1. The molecule has 1 aromatic rings. The van der Waals surface area contributed by atoms with Crippen LogP contribution in [0.3, 0.4) is 0 Å². The lowest BCUT2D eigenvalue weighted by molar-refractivity contribution is -0.151. The molecule has 1 aliphatic carbocycles. The van der Waals surface area contributed by atoms with Crippen LogP contribution in [0.1, 0.15) is 29.5 Å². The van der Waals surface area contributed by atoms with E-state index in [2.05, 4.69) is 18.3 Å². The van der Waals surface area contributed by atoms with Gasteiger partial charge in [0.25, 0.3) is 0 Å². The monoisotopic (exact) mass is 291 g/mol. The van der Waals surface area contributed by atoms with E-state index in [1.807, 2.05) is 19.9 Å². The van der Waals surface area contributed by atoms with Crippen molar-refractivity contribution >= 4 is 5.97 Å². The summed E-state index contributed by atoms with van der Waals surface area (Å²) in [6, 6.07) is 4.14. The molecule has 21 heavy (non-hydrogen) atoms. The number of hydrogen-bond acceptors (Lipinski definition) is 4. The Balaban J connectivity index is 2.24. The Labute approximate surface area is 126 Å². The van der Waals surface area contributed by atoms with Crippen LogP contribution in [0.5, 0.6) is 5.75 Å². The summed E-state index contributed by atoms with van der Waals surface area (Å²) >= 11 is 0. The first-order valence-electron chi connectivity index (χ1n) is 7.43. The molecule has 4 heteroatoms. The molecule has 116 valence electrons. The van der Waals surface area contributed by atoms with Crippen molar-refractivity contribution < 1.29 is 14.3 Å². The molecule has 0 saturated heterocycles. The molecule has 2 rings (SSSR count). The molecule has 0 amide bonds. The summed E-state index contributed by atoms with van der Waals surface area (Å²) in [6.07, 6.45) is 2.07. The first-order chi connectivity index (χ1) is 9.96. The molecule has 1 aliphatic rings. The molecule has 1 atom stereocenters. The number of carbonyl (C=O) groups is 1. The minimum atomic E-state index is -0.739. The highest BCUT2D eigenvalue weighted by Crippen LogP contribution is 2.41. The van der Waals surface area contributed by atoms with Gasteiger partial charge in [-0.2, -0.15) is 0 Å². The van der Waals surface area contributed by atoms with Crippen LogP contribution in [-0.4, -0.2) is 32.3 Å². The number of nitrogens with one attached hydrogen (secondary N) is 1. The van der Waals surface area contributed by atoms with Crippen molar-refractivity contribution in [2.75, 3.05) is 20.8 Å². The van der Waals surface area contributed by atoms with Crippen molar-refractivity contribution in [2.24, 2.45) is 5.92 Å². The fourth-order valence-electron chi connectivity index (χ4n) is 2.81.